The lowest BCUT2D eigenvalue weighted by atomic mass is 10.0. The second-order valence-corrected chi connectivity index (χ2v) is 7.96. The van der Waals surface area contributed by atoms with Gasteiger partial charge in [-0.25, -0.2) is 0 Å². The molecule has 0 bridgehead atoms. The summed E-state index contributed by atoms with van der Waals surface area (Å²) in [5, 5.41) is 0. The molecule has 1 aliphatic rings. The number of nitrogens with zero attached hydrogens (tertiary/aromatic N) is 2. The molecule has 5 rings (SSSR count). The minimum atomic E-state index is -0.373. The minimum Gasteiger partial charge on any atom is -0.399 e. The quantitative estimate of drug-likeness (QED) is 0.335. The third-order valence-electron chi connectivity index (χ3n) is 5.69. The largest absolute Gasteiger partial charge is 0.399 e. The van der Waals surface area contributed by atoms with Crippen LogP contribution in [0.3, 0.4) is 0 Å². The number of anilines is 8. The van der Waals surface area contributed by atoms with Crippen LogP contribution in [-0.4, -0.2) is 11.8 Å². The summed E-state index contributed by atoms with van der Waals surface area (Å²) in [4.78, 5) is 30.5. The van der Waals surface area contributed by atoms with Crippen LogP contribution in [0.1, 0.15) is 20.7 Å². The van der Waals surface area contributed by atoms with Crippen molar-refractivity contribution in [3.05, 3.63) is 96.1 Å². The van der Waals surface area contributed by atoms with Crippen LogP contribution < -0.4 is 32.7 Å². The van der Waals surface area contributed by atoms with Crippen molar-refractivity contribution in [2.45, 2.75) is 0 Å². The molecule has 0 fully saturated rings. The molecule has 1 aliphatic heterocycles. The lowest BCUT2D eigenvalue weighted by molar-refractivity contribution is 0.0984. The molecule has 0 aromatic heterocycles. The van der Waals surface area contributed by atoms with E-state index in [9.17, 15) is 9.59 Å². The molecular formula is C26H22N6O2. The normalized spacial score (nSPS) is 12.1. The Balaban J connectivity index is 1.77. The van der Waals surface area contributed by atoms with E-state index in [1.807, 2.05) is 0 Å². The van der Waals surface area contributed by atoms with E-state index in [-0.39, 0.29) is 11.8 Å². The van der Waals surface area contributed by atoms with Gasteiger partial charge in [0.05, 0.1) is 34.1 Å². The summed E-state index contributed by atoms with van der Waals surface area (Å²) in [6, 6.07) is 23.6. The molecule has 0 atom stereocenters. The van der Waals surface area contributed by atoms with Crippen molar-refractivity contribution in [3.63, 3.8) is 0 Å². The monoisotopic (exact) mass is 450 g/mol. The van der Waals surface area contributed by atoms with E-state index < -0.39 is 0 Å². The second kappa shape index (κ2) is 7.86. The zero-order chi connectivity index (χ0) is 24.0. The number of para-hydroxylation sites is 2. The minimum absolute atomic E-state index is 0.314. The van der Waals surface area contributed by atoms with Crippen LogP contribution in [0.15, 0.2) is 84.9 Å². The first-order valence-electron chi connectivity index (χ1n) is 10.5. The first-order chi connectivity index (χ1) is 16.4. The van der Waals surface area contributed by atoms with Crippen molar-refractivity contribution >= 4 is 57.3 Å². The van der Waals surface area contributed by atoms with Crippen LogP contribution in [0.4, 0.5) is 45.5 Å². The Labute approximate surface area is 196 Å². The molecule has 0 unspecified atom stereocenters. The van der Waals surface area contributed by atoms with Crippen molar-refractivity contribution < 1.29 is 9.59 Å². The summed E-state index contributed by atoms with van der Waals surface area (Å²) < 4.78 is 0. The van der Waals surface area contributed by atoms with Gasteiger partial charge >= 0.3 is 0 Å². The number of nitrogen functional groups attached to an aromatic ring is 4. The predicted molar refractivity (Wildman–Crippen MR) is 136 cm³/mol. The van der Waals surface area contributed by atoms with Crippen LogP contribution in [-0.2, 0) is 0 Å². The van der Waals surface area contributed by atoms with Gasteiger partial charge in [0.15, 0.2) is 0 Å². The van der Waals surface area contributed by atoms with Crippen LogP contribution in [0.25, 0.3) is 0 Å². The van der Waals surface area contributed by atoms with Crippen LogP contribution in [0.5, 0.6) is 0 Å². The maximum atomic E-state index is 13.8. The van der Waals surface area contributed by atoms with Gasteiger partial charge in [-0.05, 0) is 60.7 Å². The molecule has 8 heteroatoms. The molecule has 168 valence electrons. The average Bonchev–Trinajstić information content (AvgIpc) is 2.82. The number of hydrogen-bond acceptors (Lipinski definition) is 6. The van der Waals surface area contributed by atoms with Crippen molar-refractivity contribution in [2.75, 3.05) is 32.7 Å². The van der Waals surface area contributed by atoms with Gasteiger partial charge in [0, 0.05) is 22.5 Å². The molecule has 34 heavy (non-hydrogen) atoms. The molecule has 0 aliphatic carbocycles. The van der Waals surface area contributed by atoms with Gasteiger partial charge in [-0.1, -0.05) is 24.3 Å². The van der Waals surface area contributed by atoms with Gasteiger partial charge in [0.2, 0.25) is 0 Å². The fourth-order valence-corrected chi connectivity index (χ4v) is 4.21. The number of rotatable bonds is 2. The van der Waals surface area contributed by atoms with Crippen molar-refractivity contribution in [1.82, 2.24) is 0 Å². The topological polar surface area (TPSA) is 145 Å². The maximum Gasteiger partial charge on any atom is 0.263 e. The lowest BCUT2D eigenvalue weighted by Gasteiger charge is -2.39. The van der Waals surface area contributed by atoms with Crippen molar-refractivity contribution in [3.8, 4) is 0 Å². The molecule has 4 aromatic rings. The third kappa shape index (κ3) is 3.25. The molecule has 0 spiro atoms. The number of hydrogen-bond donors (Lipinski definition) is 4. The molecule has 4 aromatic carbocycles. The highest BCUT2D eigenvalue weighted by Crippen LogP contribution is 2.53. The number of benzene rings is 4. The Bertz CT molecular complexity index is 1410. The molecular weight excluding hydrogens is 428 g/mol. The first-order valence-corrected chi connectivity index (χ1v) is 10.5. The molecule has 8 nitrogen and oxygen atoms in total. The summed E-state index contributed by atoms with van der Waals surface area (Å²) in [7, 11) is 0. The Morgan fingerprint density at radius 3 is 1.38 bits per heavy atom. The Kier molecular flexibility index (Phi) is 4.83. The highest BCUT2D eigenvalue weighted by Gasteiger charge is 2.38. The number of carbonyl (C=O) groups excluding carboxylic acids is 2. The fraction of sp³-hybridized carbons (Fsp3) is 0. The Morgan fingerprint density at radius 1 is 0.529 bits per heavy atom. The van der Waals surface area contributed by atoms with E-state index in [1.165, 1.54) is 9.80 Å². The summed E-state index contributed by atoms with van der Waals surface area (Å²) in [5.41, 5.74) is 28.5. The van der Waals surface area contributed by atoms with Gasteiger partial charge < -0.3 is 22.9 Å². The SMILES string of the molecule is Nc1cccc(C(=O)N2c3cccc(N)c3N(C(=O)c3cccc(N)c3)c3c(N)cccc32)c1. The summed E-state index contributed by atoms with van der Waals surface area (Å²) in [6.07, 6.45) is 0. The summed E-state index contributed by atoms with van der Waals surface area (Å²) in [6.45, 7) is 0. The van der Waals surface area contributed by atoms with Gasteiger partial charge in [0.1, 0.15) is 0 Å². The van der Waals surface area contributed by atoms with Gasteiger partial charge in [-0.3, -0.25) is 19.4 Å². The van der Waals surface area contributed by atoms with Crippen LogP contribution in [0.2, 0.25) is 0 Å². The highest BCUT2D eigenvalue weighted by atomic mass is 16.2. The molecule has 8 N–H and O–H groups in total. The maximum absolute atomic E-state index is 13.8. The predicted octanol–water partition coefficient (Wildman–Crippen LogP) is 4.29. The summed E-state index contributed by atoms with van der Waals surface area (Å²) >= 11 is 0. The van der Waals surface area contributed by atoms with Crippen LogP contribution >= 0.6 is 0 Å². The number of fused-ring (bicyclic) bond motifs is 2. The number of carbonyl (C=O) groups is 2. The summed E-state index contributed by atoms with van der Waals surface area (Å²) in [5.74, 6) is -0.705. The molecule has 0 saturated heterocycles. The van der Waals surface area contributed by atoms with E-state index >= 15 is 0 Å². The van der Waals surface area contributed by atoms with Crippen molar-refractivity contribution in [2.24, 2.45) is 0 Å². The van der Waals surface area contributed by atoms with Gasteiger partial charge in [-0.2, -0.15) is 0 Å². The van der Waals surface area contributed by atoms with E-state index in [0.29, 0.717) is 56.6 Å². The Hall–Kier alpha value is -4.98. The lowest BCUT2D eigenvalue weighted by Crippen LogP contribution is -2.37. The zero-order valence-electron chi connectivity index (χ0n) is 18.1. The van der Waals surface area contributed by atoms with E-state index in [2.05, 4.69) is 0 Å². The average molecular weight is 451 g/mol. The standard InChI is InChI=1S/C26H22N6O2/c27-17-7-1-5-15(13-17)25(33)31-21-11-3-9-19(29)23(21)32(24-20(30)10-4-12-22(24)31)26(34)16-6-2-8-18(28)14-16/h1-14H,27-30H2. The third-order valence-corrected chi connectivity index (χ3v) is 5.69. The molecule has 1 heterocycles. The smallest absolute Gasteiger partial charge is 0.263 e. The molecule has 2 amide bonds. The second-order valence-electron chi connectivity index (χ2n) is 7.96. The van der Waals surface area contributed by atoms with Gasteiger partial charge in [-0.15, -0.1) is 0 Å². The van der Waals surface area contributed by atoms with E-state index in [1.54, 1.807) is 84.9 Å². The zero-order valence-corrected chi connectivity index (χ0v) is 18.1. The van der Waals surface area contributed by atoms with E-state index in [0.717, 1.165) is 0 Å². The number of nitrogens with two attached hydrogens (primary N) is 4. The van der Waals surface area contributed by atoms with Crippen molar-refractivity contribution in [1.29, 1.82) is 0 Å². The Morgan fingerprint density at radius 2 is 0.941 bits per heavy atom. The van der Waals surface area contributed by atoms with Crippen LogP contribution in [0, 0.1) is 0 Å². The highest BCUT2D eigenvalue weighted by molar-refractivity contribution is 6.25. The molecule has 0 radical (unpaired) electrons. The van der Waals surface area contributed by atoms with Gasteiger partial charge in [0.25, 0.3) is 11.8 Å². The molecule has 0 saturated carbocycles. The van der Waals surface area contributed by atoms with E-state index in [4.69, 9.17) is 22.9 Å². The first kappa shape index (κ1) is 20.9. The number of amides is 2. The fourth-order valence-electron chi connectivity index (χ4n) is 4.21.